The summed E-state index contributed by atoms with van der Waals surface area (Å²) in [7, 11) is -3.84. The fourth-order valence-electron chi connectivity index (χ4n) is 3.13. The predicted octanol–water partition coefficient (Wildman–Crippen LogP) is 2.78. The Morgan fingerprint density at radius 2 is 1.86 bits per heavy atom. The lowest BCUT2D eigenvalue weighted by Gasteiger charge is -2.22. The largest absolute Gasteiger partial charge is 0.452 e. The molecule has 2 aromatic carbocycles. The molecule has 0 aromatic heterocycles. The number of hydrogen-bond donors (Lipinski definition) is 1. The van der Waals surface area contributed by atoms with Gasteiger partial charge in [0.05, 0.1) is 20.5 Å². The van der Waals surface area contributed by atoms with Gasteiger partial charge in [0, 0.05) is 11.7 Å². The van der Waals surface area contributed by atoms with Crippen LogP contribution in [0.3, 0.4) is 0 Å². The molecular formula is C18H16Cl2N2O5S. The summed E-state index contributed by atoms with van der Waals surface area (Å²) in [6, 6.07) is 8.64. The molecule has 2 aromatic rings. The summed E-state index contributed by atoms with van der Waals surface area (Å²) < 4.78 is 28.1. The van der Waals surface area contributed by atoms with Crippen LogP contribution in [0.15, 0.2) is 41.3 Å². The highest BCUT2D eigenvalue weighted by atomic mass is 35.5. The summed E-state index contributed by atoms with van der Waals surface area (Å²) in [6.45, 7) is 1.29. The summed E-state index contributed by atoms with van der Waals surface area (Å²) in [6.07, 6.45) is 0.453. The molecule has 1 atom stereocenters. The number of esters is 1. The molecule has 10 heteroatoms. The van der Waals surface area contributed by atoms with E-state index < -0.39 is 28.5 Å². The number of halogens is 2. The fourth-order valence-corrected chi connectivity index (χ4v) is 4.24. The number of fused-ring (bicyclic) bond motifs is 1. The van der Waals surface area contributed by atoms with E-state index in [0.717, 1.165) is 0 Å². The number of anilines is 1. The van der Waals surface area contributed by atoms with Crippen LogP contribution in [-0.4, -0.2) is 32.9 Å². The third-order valence-electron chi connectivity index (χ3n) is 4.36. The van der Waals surface area contributed by atoms with Crippen LogP contribution in [0.5, 0.6) is 0 Å². The first-order valence-electron chi connectivity index (χ1n) is 8.18. The van der Waals surface area contributed by atoms with E-state index in [-0.39, 0.29) is 26.5 Å². The molecule has 0 spiro atoms. The Bertz CT molecular complexity index is 1050. The highest BCUT2D eigenvalue weighted by Crippen LogP contribution is 2.34. The Balaban J connectivity index is 1.76. The average molecular weight is 443 g/mol. The Kier molecular flexibility index (Phi) is 5.67. The molecule has 1 heterocycles. The standard InChI is InChI=1S/C18H16Cl2N2O5S/c1-10-7-11-8-12(28(21,25)26)5-6-15(11)22(10)16(23)9-27-18(24)17-13(19)3-2-4-14(17)20/h2-6,8,10H,7,9H2,1H3,(H2,21,25,26). The van der Waals surface area contributed by atoms with Gasteiger partial charge in [0.25, 0.3) is 5.91 Å². The van der Waals surface area contributed by atoms with Crippen LogP contribution in [0.1, 0.15) is 22.8 Å². The minimum Gasteiger partial charge on any atom is -0.452 e. The monoisotopic (exact) mass is 442 g/mol. The van der Waals surface area contributed by atoms with Crippen molar-refractivity contribution >= 4 is 50.8 Å². The molecule has 7 nitrogen and oxygen atoms in total. The smallest absolute Gasteiger partial charge is 0.341 e. The van der Waals surface area contributed by atoms with Crippen molar-refractivity contribution in [3.05, 3.63) is 57.6 Å². The minimum atomic E-state index is -3.84. The number of benzene rings is 2. The molecule has 1 amide bonds. The van der Waals surface area contributed by atoms with E-state index in [1.54, 1.807) is 13.0 Å². The fraction of sp³-hybridized carbons (Fsp3) is 0.222. The molecular weight excluding hydrogens is 427 g/mol. The van der Waals surface area contributed by atoms with E-state index in [2.05, 4.69) is 0 Å². The van der Waals surface area contributed by atoms with Crippen molar-refractivity contribution < 1.29 is 22.7 Å². The van der Waals surface area contributed by atoms with Crippen molar-refractivity contribution in [2.45, 2.75) is 24.3 Å². The molecule has 1 aliphatic rings. The molecule has 0 saturated carbocycles. The first-order chi connectivity index (χ1) is 13.1. The van der Waals surface area contributed by atoms with Gasteiger partial charge >= 0.3 is 5.97 Å². The number of nitrogens with zero attached hydrogens (tertiary/aromatic N) is 1. The minimum absolute atomic E-state index is 0.00806. The van der Waals surface area contributed by atoms with Crippen LogP contribution in [0, 0.1) is 0 Å². The van der Waals surface area contributed by atoms with Crippen molar-refractivity contribution in [3.63, 3.8) is 0 Å². The molecule has 1 aliphatic heterocycles. The normalized spacial score (nSPS) is 16.0. The predicted molar refractivity (Wildman–Crippen MR) is 105 cm³/mol. The SMILES string of the molecule is CC1Cc2cc(S(N)(=O)=O)ccc2N1C(=O)COC(=O)c1c(Cl)cccc1Cl. The Morgan fingerprint density at radius 1 is 1.21 bits per heavy atom. The number of carbonyl (C=O) groups is 2. The van der Waals surface area contributed by atoms with Gasteiger partial charge < -0.3 is 9.64 Å². The number of amides is 1. The number of carbonyl (C=O) groups excluding carboxylic acids is 2. The molecule has 0 aliphatic carbocycles. The highest BCUT2D eigenvalue weighted by molar-refractivity contribution is 7.89. The lowest BCUT2D eigenvalue weighted by atomic mass is 10.1. The van der Waals surface area contributed by atoms with Crippen LogP contribution < -0.4 is 10.0 Å². The van der Waals surface area contributed by atoms with E-state index in [9.17, 15) is 18.0 Å². The third-order valence-corrected chi connectivity index (χ3v) is 5.90. The molecule has 0 saturated heterocycles. The number of rotatable bonds is 4. The van der Waals surface area contributed by atoms with E-state index in [1.807, 2.05) is 0 Å². The maximum absolute atomic E-state index is 12.6. The molecule has 0 radical (unpaired) electrons. The zero-order chi connectivity index (χ0) is 20.6. The Hall–Kier alpha value is -2.13. The first-order valence-corrected chi connectivity index (χ1v) is 10.5. The summed E-state index contributed by atoms with van der Waals surface area (Å²) in [5.41, 5.74) is 1.22. The topological polar surface area (TPSA) is 107 Å². The van der Waals surface area contributed by atoms with E-state index in [4.69, 9.17) is 33.1 Å². The number of primary sulfonamides is 1. The summed E-state index contributed by atoms with van der Waals surface area (Å²) in [5, 5.41) is 5.40. The molecule has 2 N–H and O–H groups in total. The van der Waals surface area contributed by atoms with Gasteiger partial charge in [0.15, 0.2) is 6.61 Å². The summed E-state index contributed by atoms with van der Waals surface area (Å²) in [4.78, 5) is 26.3. The summed E-state index contributed by atoms with van der Waals surface area (Å²) in [5.74, 6) is -1.26. The van der Waals surface area contributed by atoms with Crippen molar-refractivity contribution in [3.8, 4) is 0 Å². The van der Waals surface area contributed by atoms with Gasteiger partial charge in [0.1, 0.15) is 0 Å². The van der Waals surface area contributed by atoms with Crippen molar-refractivity contribution in [2.24, 2.45) is 5.14 Å². The van der Waals surface area contributed by atoms with E-state index >= 15 is 0 Å². The van der Waals surface area contributed by atoms with Crippen molar-refractivity contribution in [2.75, 3.05) is 11.5 Å². The van der Waals surface area contributed by atoms with Crippen LogP contribution in [-0.2, 0) is 26.0 Å². The molecule has 28 heavy (non-hydrogen) atoms. The van der Waals surface area contributed by atoms with Gasteiger partial charge in [0.2, 0.25) is 10.0 Å². The zero-order valence-electron chi connectivity index (χ0n) is 14.7. The van der Waals surface area contributed by atoms with Crippen LogP contribution >= 0.6 is 23.2 Å². The lowest BCUT2D eigenvalue weighted by molar-refractivity contribution is -0.122. The molecule has 0 fully saturated rings. The number of hydrogen-bond acceptors (Lipinski definition) is 5. The second kappa shape index (κ2) is 7.71. The maximum atomic E-state index is 12.6. The van der Waals surface area contributed by atoms with Crippen molar-refractivity contribution in [1.29, 1.82) is 0 Å². The van der Waals surface area contributed by atoms with Crippen LogP contribution in [0.4, 0.5) is 5.69 Å². The first kappa shape index (κ1) is 20.6. The molecule has 3 rings (SSSR count). The third kappa shape index (κ3) is 4.00. The maximum Gasteiger partial charge on any atom is 0.341 e. The molecule has 1 unspecified atom stereocenters. The van der Waals surface area contributed by atoms with Gasteiger partial charge in [-0.05, 0) is 49.2 Å². The van der Waals surface area contributed by atoms with Crippen LogP contribution in [0.2, 0.25) is 10.0 Å². The molecule has 0 bridgehead atoms. The van der Waals surface area contributed by atoms with E-state index in [0.29, 0.717) is 17.7 Å². The number of ether oxygens (including phenoxy) is 1. The van der Waals surface area contributed by atoms with Gasteiger partial charge in [-0.25, -0.2) is 18.4 Å². The lowest BCUT2D eigenvalue weighted by Crippen LogP contribution is -2.38. The van der Waals surface area contributed by atoms with Gasteiger partial charge in [-0.15, -0.1) is 0 Å². The summed E-state index contributed by atoms with van der Waals surface area (Å²) >= 11 is 11.9. The highest BCUT2D eigenvalue weighted by Gasteiger charge is 2.32. The van der Waals surface area contributed by atoms with Gasteiger partial charge in [-0.1, -0.05) is 29.3 Å². The second-order valence-corrected chi connectivity index (χ2v) is 8.70. The second-order valence-electron chi connectivity index (χ2n) is 6.33. The number of sulfonamides is 1. The quantitative estimate of drug-likeness (QED) is 0.732. The number of nitrogens with two attached hydrogens (primary N) is 1. The Morgan fingerprint density at radius 3 is 2.46 bits per heavy atom. The van der Waals surface area contributed by atoms with Gasteiger partial charge in [-0.2, -0.15) is 0 Å². The van der Waals surface area contributed by atoms with Gasteiger partial charge in [-0.3, -0.25) is 4.79 Å². The Labute approximate surface area is 172 Å². The average Bonchev–Trinajstić information content (AvgIpc) is 2.93. The van der Waals surface area contributed by atoms with Crippen molar-refractivity contribution in [1.82, 2.24) is 0 Å². The zero-order valence-corrected chi connectivity index (χ0v) is 17.0. The van der Waals surface area contributed by atoms with Crippen LogP contribution in [0.25, 0.3) is 0 Å². The molecule has 148 valence electrons. The van der Waals surface area contributed by atoms with E-state index in [1.165, 1.54) is 35.2 Å².